The van der Waals surface area contributed by atoms with Crippen LogP contribution in [0.15, 0.2) is 47.2 Å². The second kappa shape index (κ2) is 5.46. The number of halogens is 1. The van der Waals surface area contributed by atoms with Crippen molar-refractivity contribution in [3.05, 3.63) is 64.2 Å². The fourth-order valence-electron chi connectivity index (χ4n) is 1.39. The van der Waals surface area contributed by atoms with E-state index >= 15 is 0 Å². The van der Waals surface area contributed by atoms with E-state index in [1.54, 1.807) is 12.4 Å². The van der Waals surface area contributed by atoms with E-state index in [0.29, 0.717) is 18.0 Å². The van der Waals surface area contributed by atoms with Gasteiger partial charge in [-0.05, 0) is 34.1 Å². The van der Waals surface area contributed by atoms with Gasteiger partial charge in [0.25, 0.3) is 0 Å². The molecule has 0 aliphatic carbocycles. The monoisotopic (exact) mass is 288 g/mol. The Morgan fingerprint density at radius 2 is 2.12 bits per heavy atom. The molecule has 2 aromatic rings. The van der Waals surface area contributed by atoms with E-state index in [2.05, 4.69) is 25.8 Å². The van der Waals surface area contributed by atoms with Crippen LogP contribution in [0.1, 0.15) is 5.56 Å². The first-order chi connectivity index (χ1) is 8.29. The number of aromatic nitrogens is 1. The second-order valence-corrected chi connectivity index (χ2v) is 4.28. The van der Waals surface area contributed by atoms with Crippen LogP contribution in [-0.2, 0) is 6.54 Å². The van der Waals surface area contributed by atoms with Gasteiger partial charge in [0.1, 0.15) is 11.5 Å². The van der Waals surface area contributed by atoms with Gasteiger partial charge in [0.05, 0.1) is 11.8 Å². The van der Waals surface area contributed by atoms with Crippen LogP contribution in [0, 0.1) is 6.57 Å². The summed E-state index contributed by atoms with van der Waals surface area (Å²) >= 11 is 3.33. The van der Waals surface area contributed by atoms with Crippen LogP contribution in [0.4, 0.5) is 0 Å². The summed E-state index contributed by atoms with van der Waals surface area (Å²) in [6.07, 6.45) is 3.33. The molecule has 0 aliphatic heterocycles. The van der Waals surface area contributed by atoms with Crippen LogP contribution < -0.4 is 4.74 Å². The molecule has 1 heterocycles. The average molecular weight is 289 g/mol. The van der Waals surface area contributed by atoms with E-state index in [1.807, 2.05) is 30.3 Å². The van der Waals surface area contributed by atoms with Gasteiger partial charge < -0.3 is 9.58 Å². The summed E-state index contributed by atoms with van der Waals surface area (Å²) in [6, 6.07) is 9.35. The molecule has 0 radical (unpaired) electrons. The maximum atomic E-state index is 6.90. The molecule has 0 spiro atoms. The van der Waals surface area contributed by atoms with Crippen molar-refractivity contribution < 1.29 is 4.74 Å². The Morgan fingerprint density at radius 3 is 2.88 bits per heavy atom. The van der Waals surface area contributed by atoms with E-state index in [1.165, 1.54) is 0 Å². The van der Waals surface area contributed by atoms with Crippen LogP contribution in [0.2, 0.25) is 0 Å². The summed E-state index contributed by atoms with van der Waals surface area (Å²) in [5, 5.41) is 0. The zero-order chi connectivity index (χ0) is 12.1. The Kier molecular flexibility index (Phi) is 3.73. The molecule has 1 aromatic carbocycles. The third-order valence-electron chi connectivity index (χ3n) is 2.13. The number of ether oxygens (including phenoxy) is 1. The molecule has 0 unspecified atom stereocenters. The van der Waals surface area contributed by atoms with E-state index < -0.39 is 0 Å². The molecule has 2 rings (SSSR count). The normalized spacial score (nSPS) is 9.65. The molecule has 3 nitrogen and oxygen atoms in total. The molecule has 0 fully saturated rings. The van der Waals surface area contributed by atoms with Crippen molar-refractivity contribution in [3.8, 4) is 11.5 Å². The Hall–Kier alpha value is -1.86. The fraction of sp³-hybridized carbons (Fsp3) is 0.0769. The molecule has 84 valence electrons. The molecule has 0 saturated heterocycles. The van der Waals surface area contributed by atoms with Gasteiger partial charge in [0, 0.05) is 10.7 Å². The predicted octanol–water partition coefficient (Wildman–Crippen LogP) is 4.06. The lowest BCUT2D eigenvalue weighted by atomic mass is 10.2. The minimum Gasteiger partial charge on any atom is -0.455 e. The van der Waals surface area contributed by atoms with Crippen LogP contribution in [0.25, 0.3) is 4.85 Å². The van der Waals surface area contributed by atoms with Gasteiger partial charge in [0.2, 0.25) is 6.54 Å². The highest BCUT2D eigenvalue weighted by Gasteiger charge is 2.06. The molecule has 1 aromatic heterocycles. The molecular weight excluding hydrogens is 280 g/mol. The zero-order valence-corrected chi connectivity index (χ0v) is 10.5. The van der Waals surface area contributed by atoms with Crippen LogP contribution in [0.3, 0.4) is 0 Å². The number of hydrogen-bond acceptors (Lipinski definition) is 2. The summed E-state index contributed by atoms with van der Waals surface area (Å²) in [6.45, 7) is 7.22. The lowest BCUT2D eigenvalue weighted by molar-refractivity contribution is 0.475. The van der Waals surface area contributed by atoms with Crippen molar-refractivity contribution >= 4 is 15.9 Å². The van der Waals surface area contributed by atoms with Crippen molar-refractivity contribution in [2.45, 2.75) is 6.54 Å². The van der Waals surface area contributed by atoms with Gasteiger partial charge in [-0.15, -0.1) is 0 Å². The highest BCUT2D eigenvalue weighted by atomic mass is 79.9. The lowest BCUT2D eigenvalue weighted by Crippen LogP contribution is -1.90. The van der Waals surface area contributed by atoms with Gasteiger partial charge in [-0.1, -0.05) is 12.1 Å². The number of hydrogen-bond donors (Lipinski definition) is 0. The fourth-order valence-corrected chi connectivity index (χ4v) is 1.74. The first kappa shape index (κ1) is 11.6. The van der Waals surface area contributed by atoms with Crippen molar-refractivity contribution in [1.29, 1.82) is 0 Å². The third-order valence-corrected chi connectivity index (χ3v) is 2.56. The Bertz CT molecular complexity index is 563. The van der Waals surface area contributed by atoms with Gasteiger partial charge in [-0.3, -0.25) is 4.98 Å². The van der Waals surface area contributed by atoms with Gasteiger partial charge in [-0.25, -0.2) is 6.57 Å². The van der Waals surface area contributed by atoms with E-state index in [4.69, 9.17) is 11.3 Å². The minimum absolute atomic E-state index is 0.317. The molecule has 0 atom stereocenters. The van der Waals surface area contributed by atoms with E-state index in [9.17, 15) is 0 Å². The Morgan fingerprint density at radius 1 is 1.29 bits per heavy atom. The van der Waals surface area contributed by atoms with Gasteiger partial charge in [0.15, 0.2) is 0 Å². The van der Waals surface area contributed by atoms with Crippen LogP contribution >= 0.6 is 15.9 Å². The summed E-state index contributed by atoms with van der Waals surface area (Å²) in [5.41, 5.74) is 0.877. The first-order valence-corrected chi connectivity index (χ1v) is 5.78. The molecule has 0 aliphatic rings. The topological polar surface area (TPSA) is 26.5 Å². The number of benzene rings is 1. The Labute approximate surface area is 108 Å². The van der Waals surface area contributed by atoms with Crippen molar-refractivity contribution in [2.75, 3.05) is 0 Å². The number of para-hydroxylation sites is 1. The Balaban J connectivity index is 2.27. The molecular formula is C13H9BrN2O. The minimum atomic E-state index is 0.317. The van der Waals surface area contributed by atoms with Crippen molar-refractivity contribution in [2.24, 2.45) is 0 Å². The van der Waals surface area contributed by atoms with Crippen LogP contribution in [-0.4, -0.2) is 4.98 Å². The number of nitrogens with zero attached hydrogens (tertiary/aromatic N) is 2. The molecule has 0 saturated carbocycles. The first-order valence-electron chi connectivity index (χ1n) is 4.99. The zero-order valence-electron chi connectivity index (χ0n) is 8.93. The molecule has 4 heteroatoms. The van der Waals surface area contributed by atoms with Crippen molar-refractivity contribution in [1.82, 2.24) is 4.98 Å². The number of rotatable bonds is 3. The molecule has 17 heavy (non-hydrogen) atoms. The lowest BCUT2D eigenvalue weighted by Gasteiger charge is -2.07. The van der Waals surface area contributed by atoms with Gasteiger partial charge >= 0.3 is 0 Å². The highest BCUT2D eigenvalue weighted by Crippen LogP contribution is 2.26. The summed E-state index contributed by atoms with van der Waals surface area (Å²) in [5.74, 6) is 1.35. The average Bonchev–Trinajstić information content (AvgIpc) is 2.32. The van der Waals surface area contributed by atoms with E-state index in [-0.39, 0.29) is 0 Å². The number of pyridine rings is 1. The summed E-state index contributed by atoms with van der Waals surface area (Å²) < 4.78 is 6.57. The molecule has 0 amide bonds. The second-order valence-electron chi connectivity index (χ2n) is 3.36. The summed E-state index contributed by atoms with van der Waals surface area (Å²) in [7, 11) is 0. The smallest absolute Gasteiger partial charge is 0.243 e. The highest BCUT2D eigenvalue weighted by molar-refractivity contribution is 9.10. The van der Waals surface area contributed by atoms with Gasteiger partial charge in [-0.2, -0.15) is 0 Å². The summed E-state index contributed by atoms with van der Waals surface area (Å²) in [4.78, 5) is 7.39. The largest absolute Gasteiger partial charge is 0.455 e. The predicted molar refractivity (Wildman–Crippen MR) is 68.8 cm³/mol. The SMILES string of the molecule is [C-]#[N+]Cc1ccccc1Oc1cncc(Br)c1. The third kappa shape index (κ3) is 3.05. The van der Waals surface area contributed by atoms with E-state index in [0.717, 1.165) is 10.0 Å². The maximum absolute atomic E-state index is 6.90. The molecule has 0 bridgehead atoms. The van der Waals surface area contributed by atoms with Crippen LogP contribution in [0.5, 0.6) is 11.5 Å². The maximum Gasteiger partial charge on any atom is 0.243 e. The van der Waals surface area contributed by atoms with Crippen molar-refractivity contribution in [3.63, 3.8) is 0 Å². The standard InChI is InChI=1S/C13H9BrN2O/c1-15-7-10-4-2-3-5-13(10)17-12-6-11(14)8-16-9-12/h2-6,8-9H,7H2. The quantitative estimate of drug-likeness (QED) is 0.797. The molecule has 0 N–H and O–H groups in total.